The van der Waals surface area contributed by atoms with Gasteiger partial charge in [0.2, 0.25) is 15.9 Å². The second kappa shape index (κ2) is 7.45. The normalized spacial score (nSPS) is 16.8. The molecule has 6 heteroatoms. The highest BCUT2D eigenvalue weighted by atomic mass is 32.2. The zero-order chi connectivity index (χ0) is 17.0. The van der Waals surface area contributed by atoms with E-state index < -0.39 is 10.0 Å². The third-order valence-electron chi connectivity index (χ3n) is 4.10. The molecule has 1 heterocycles. The van der Waals surface area contributed by atoms with Crippen LogP contribution in [0.25, 0.3) is 0 Å². The highest BCUT2D eigenvalue weighted by molar-refractivity contribution is 7.89. The number of hydrogen-bond donors (Lipinski definition) is 0. The Morgan fingerprint density at radius 1 is 1.09 bits per heavy atom. The van der Waals surface area contributed by atoms with Crippen LogP contribution < -0.4 is 0 Å². The van der Waals surface area contributed by atoms with Gasteiger partial charge in [0.15, 0.2) is 0 Å². The van der Waals surface area contributed by atoms with Gasteiger partial charge in [0.1, 0.15) is 0 Å². The van der Waals surface area contributed by atoms with Crippen molar-refractivity contribution in [2.75, 3.05) is 26.2 Å². The molecule has 0 saturated carbocycles. The number of piperazine rings is 1. The minimum Gasteiger partial charge on any atom is -0.340 e. The highest BCUT2D eigenvalue weighted by Gasteiger charge is 2.29. The van der Waals surface area contributed by atoms with Crippen LogP contribution in [-0.2, 0) is 21.2 Å². The first-order valence-corrected chi connectivity index (χ1v) is 9.65. The highest BCUT2D eigenvalue weighted by Crippen LogP contribution is 2.19. The van der Waals surface area contributed by atoms with Crippen LogP contribution in [0.3, 0.4) is 0 Å². The smallest absolute Gasteiger partial charge is 0.243 e. The summed E-state index contributed by atoms with van der Waals surface area (Å²) >= 11 is 0. The van der Waals surface area contributed by atoms with Crippen LogP contribution in [0.2, 0.25) is 0 Å². The van der Waals surface area contributed by atoms with E-state index in [-0.39, 0.29) is 5.91 Å². The molecule has 0 radical (unpaired) electrons. The molecule has 0 N–H and O–H groups in total. The molecule has 128 valence electrons. The molecule has 1 aromatic carbocycles. The lowest BCUT2D eigenvalue weighted by Gasteiger charge is -2.33. The van der Waals surface area contributed by atoms with Gasteiger partial charge in [0.05, 0.1) is 4.90 Å². The zero-order valence-electron chi connectivity index (χ0n) is 14.2. The van der Waals surface area contributed by atoms with Crippen LogP contribution >= 0.6 is 0 Å². The molecular formula is C17H26N2O3S. The number of carbonyl (C=O) groups is 1. The van der Waals surface area contributed by atoms with E-state index in [0.717, 1.165) is 12.0 Å². The summed E-state index contributed by atoms with van der Waals surface area (Å²) in [5, 5.41) is 0. The van der Waals surface area contributed by atoms with Crippen molar-refractivity contribution in [2.24, 2.45) is 5.92 Å². The van der Waals surface area contributed by atoms with Crippen LogP contribution in [0.15, 0.2) is 29.2 Å². The third-order valence-corrected chi connectivity index (χ3v) is 6.01. The molecule has 1 aromatic rings. The molecule has 0 spiro atoms. The summed E-state index contributed by atoms with van der Waals surface area (Å²) in [4.78, 5) is 13.7. The van der Waals surface area contributed by atoms with E-state index in [9.17, 15) is 13.2 Å². The Kier molecular flexibility index (Phi) is 5.81. The molecule has 0 unspecified atom stereocenters. The van der Waals surface area contributed by atoms with Crippen molar-refractivity contribution in [3.63, 3.8) is 0 Å². The van der Waals surface area contributed by atoms with Crippen LogP contribution in [-0.4, -0.2) is 49.7 Å². The second-order valence-electron chi connectivity index (χ2n) is 6.38. The van der Waals surface area contributed by atoms with Crippen molar-refractivity contribution in [3.8, 4) is 0 Å². The van der Waals surface area contributed by atoms with E-state index in [1.54, 1.807) is 17.0 Å². The number of amides is 1. The summed E-state index contributed by atoms with van der Waals surface area (Å²) in [6.45, 7) is 7.77. The topological polar surface area (TPSA) is 57.7 Å². The lowest BCUT2D eigenvalue weighted by molar-refractivity contribution is -0.132. The van der Waals surface area contributed by atoms with Gasteiger partial charge < -0.3 is 4.90 Å². The minimum absolute atomic E-state index is 0.0834. The first-order chi connectivity index (χ1) is 10.8. The number of nitrogens with zero attached hydrogens (tertiary/aromatic N) is 2. The van der Waals surface area contributed by atoms with Gasteiger partial charge in [-0.15, -0.1) is 0 Å². The molecule has 1 fully saturated rings. The van der Waals surface area contributed by atoms with Gasteiger partial charge in [0.25, 0.3) is 0 Å². The van der Waals surface area contributed by atoms with Gasteiger partial charge >= 0.3 is 0 Å². The summed E-state index contributed by atoms with van der Waals surface area (Å²) in [7, 11) is -3.47. The van der Waals surface area contributed by atoms with Crippen molar-refractivity contribution in [3.05, 3.63) is 29.8 Å². The molecule has 23 heavy (non-hydrogen) atoms. The van der Waals surface area contributed by atoms with Crippen molar-refractivity contribution in [1.82, 2.24) is 9.21 Å². The summed E-state index contributed by atoms with van der Waals surface area (Å²) in [5.41, 5.74) is 1.15. The van der Waals surface area contributed by atoms with Crippen LogP contribution in [0.5, 0.6) is 0 Å². The van der Waals surface area contributed by atoms with E-state index in [4.69, 9.17) is 0 Å². The molecule has 1 saturated heterocycles. The third kappa shape index (κ3) is 4.32. The van der Waals surface area contributed by atoms with Gasteiger partial charge in [0, 0.05) is 32.6 Å². The van der Waals surface area contributed by atoms with Crippen molar-refractivity contribution in [1.29, 1.82) is 0 Å². The Morgan fingerprint density at radius 2 is 1.65 bits per heavy atom. The average Bonchev–Trinajstić information content (AvgIpc) is 2.54. The Morgan fingerprint density at radius 3 is 2.13 bits per heavy atom. The molecular weight excluding hydrogens is 312 g/mol. The Bertz CT molecular complexity index is 630. The number of rotatable bonds is 5. The number of hydrogen-bond acceptors (Lipinski definition) is 3. The van der Waals surface area contributed by atoms with Gasteiger partial charge in [-0.2, -0.15) is 4.31 Å². The zero-order valence-corrected chi connectivity index (χ0v) is 15.0. The summed E-state index contributed by atoms with van der Waals surface area (Å²) in [6, 6.07) is 7.17. The van der Waals surface area contributed by atoms with Gasteiger partial charge in [-0.3, -0.25) is 4.79 Å². The Balaban J connectivity index is 2.06. The quantitative estimate of drug-likeness (QED) is 0.826. The first-order valence-electron chi connectivity index (χ1n) is 8.21. The predicted octanol–water partition coefficient (Wildman–Crippen LogP) is 2.13. The fourth-order valence-electron chi connectivity index (χ4n) is 2.82. The second-order valence-corrected chi connectivity index (χ2v) is 8.32. The standard InChI is InChI=1S/C17H26N2O3S/c1-4-17(20)18-9-11-19(12-10-18)23(21,22)16-7-5-15(6-8-16)13-14(2)3/h5-8,14H,4,9-13H2,1-3H3. The van der Waals surface area contributed by atoms with Gasteiger partial charge in [-0.25, -0.2) is 8.42 Å². The summed E-state index contributed by atoms with van der Waals surface area (Å²) < 4.78 is 26.9. The molecule has 0 aromatic heterocycles. The van der Waals surface area contributed by atoms with E-state index in [0.29, 0.717) is 43.4 Å². The number of sulfonamides is 1. The van der Waals surface area contributed by atoms with E-state index in [2.05, 4.69) is 13.8 Å². The largest absolute Gasteiger partial charge is 0.340 e. The summed E-state index contributed by atoms with van der Waals surface area (Å²) in [5.74, 6) is 0.627. The predicted molar refractivity (Wildman–Crippen MR) is 90.6 cm³/mol. The monoisotopic (exact) mass is 338 g/mol. The molecule has 1 aliphatic heterocycles. The molecule has 1 aliphatic rings. The van der Waals surface area contributed by atoms with E-state index in [1.807, 2.05) is 19.1 Å². The van der Waals surface area contributed by atoms with Crippen molar-refractivity contribution in [2.45, 2.75) is 38.5 Å². The molecule has 5 nitrogen and oxygen atoms in total. The van der Waals surface area contributed by atoms with Crippen LogP contribution in [0.4, 0.5) is 0 Å². The minimum atomic E-state index is -3.47. The van der Waals surface area contributed by atoms with Crippen LogP contribution in [0, 0.1) is 5.92 Å². The molecule has 0 aliphatic carbocycles. The SMILES string of the molecule is CCC(=O)N1CCN(S(=O)(=O)c2ccc(CC(C)C)cc2)CC1. The Hall–Kier alpha value is -1.40. The lowest BCUT2D eigenvalue weighted by Crippen LogP contribution is -2.50. The maximum atomic E-state index is 12.7. The van der Waals surface area contributed by atoms with E-state index in [1.165, 1.54) is 4.31 Å². The number of benzene rings is 1. The fraction of sp³-hybridized carbons (Fsp3) is 0.588. The summed E-state index contributed by atoms with van der Waals surface area (Å²) in [6.07, 6.45) is 1.40. The number of carbonyl (C=O) groups excluding carboxylic acids is 1. The van der Waals surface area contributed by atoms with E-state index >= 15 is 0 Å². The lowest BCUT2D eigenvalue weighted by atomic mass is 10.0. The van der Waals surface area contributed by atoms with Crippen molar-refractivity contribution < 1.29 is 13.2 Å². The van der Waals surface area contributed by atoms with Crippen molar-refractivity contribution >= 4 is 15.9 Å². The molecule has 0 bridgehead atoms. The fourth-order valence-corrected chi connectivity index (χ4v) is 4.24. The molecule has 2 rings (SSSR count). The molecule has 1 amide bonds. The van der Waals surface area contributed by atoms with Gasteiger partial charge in [-0.1, -0.05) is 32.9 Å². The molecule has 0 atom stereocenters. The van der Waals surface area contributed by atoms with Crippen LogP contribution in [0.1, 0.15) is 32.8 Å². The maximum Gasteiger partial charge on any atom is 0.243 e. The average molecular weight is 338 g/mol. The maximum absolute atomic E-state index is 12.7. The van der Waals surface area contributed by atoms with Gasteiger partial charge in [-0.05, 0) is 30.0 Å². The Labute approximate surface area is 139 Å². The first kappa shape index (κ1) is 17.9.